The van der Waals surface area contributed by atoms with Crippen LogP contribution >= 0.6 is 0 Å². The number of carbonyl (C=O) groups is 3. The van der Waals surface area contributed by atoms with Gasteiger partial charge >= 0.3 is 5.97 Å². The summed E-state index contributed by atoms with van der Waals surface area (Å²) in [7, 11) is 1.59. The molecule has 0 aromatic heterocycles. The van der Waals surface area contributed by atoms with Crippen molar-refractivity contribution < 1.29 is 29.0 Å². The molecule has 1 aromatic rings. The average Bonchev–Trinajstić information content (AvgIpc) is 3.01. The highest BCUT2D eigenvalue weighted by molar-refractivity contribution is 5.89. The molecule has 2 amide bonds. The molecular weight excluding hydrogens is 352 g/mol. The molecule has 8 nitrogen and oxygen atoms in total. The van der Waals surface area contributed by atoms with Gasteiger partial charge in [-0.15, -0.1) is 0 Å². The van der Waals surface area contributed by atoms with Crippen LogP contribution < -0.4 is 4.74 Å². The van der Waals surface area contributed by atoms with Crippen LogP contribution in [0, 0.1) is 5.92 Å². The largest absolute Gasteiger partial charge is 0.497 e. The van der Waals surface area contributed by atoms with E-state index in [-0.39, 0.29) is 30.9 Å². The minimum Gasteiger partial charge on any atom is -0.497 e. The zero-order valence-corrected chi connectivity index (χ0v) is 15.5. The quantitative estimate of drug-likeness (QED) is 0.814. The zero-order valence-electron chi connectivity index (χ0n) is 15.5. The number of hydrogen-bond acceptors (Lipinski definition) is 5. The molecule has 0 radical (unpaired) electrons. The van der Waals surface area contributed by atoms with Gasteiger partial charge in [-0.3, -0.25) is 9.59 Å². The number of likely N-dealkylation sites (tertiary alicyclic amines) is 1. The van der Waals surface area contributed by atoms with Crippen LogP contribution in [-0.2, 0) is 25.7 Å². The van der Waals surface area contributed by atoms with E-state index >= 15 is 0 Å². The molecule has 0 saturated carbocycles. The molecule has 3 atom stereocenters. The third-order valence-electron chi connectivity index (χ3n) is 4.94. The van der Waals surface area contributed by atoms with E-state index in [9.17, 15) is 19.5 Å². The Hall–Kier alpha value is -2.61. The van der Waals surface area contributed by atoms with Gasteiger partial charge in [0.2, 0.25) is 11.8 Å². The number of aliphatic carboxylic acids is 1. The van der Waals surface area contributed by atoms with Gasteiger partial charge in [0, 0.05) is 26.1 Å². The van der Waals surface area contributed by atoms with Crippen LogP contribution in [0.3, 0.4) is 0 Å². The molecule has 27 heavy (non-hydrogen) atoms. The normalized spacial score (nSPS) is 25.6. The van der Waals surface area contributed by atoms with E-state index in [0.29, 0.717) is 19.6 Å². The first-order valence-corrected chi connectivity index (χ1v) is 8.95. The Balaban J connectivity index is 1.62. The Morgan fingerprint density at radius 3 is 2.56 bits per heavy atom. The first-order chi connectivity index (χ1) is 12.9. The van der Waals surface area contributed by atoms with Crippen molar-refractivity contribution in [3.05, 3.63) is 29.8 Å². The highest BCUT2D eigenvalue weighted by Crippen LogP contribution is 2.24. The molecule has 0 aliphatic carbocycles. The number of amides is 2. The van der Waals surface area contributed by atoms with Crippen LogP contribution in [0.5, 0.6) is 5.75 Å². The molecule has 0 spiro atoms. The molecule has 2 heterocycles. The molecule has 0 bridgehead atoms. The second-order valence-corrected chi connectivity index (χ2v) is 7.04. The molecule has 2 fully saturated rings. The third kappa shape index (κ3) is 4.39. The van der Waals surface area contributed by atoms with Crippen LogP contribution in [0.4, 0.5) is 0 Å². The van der Waals surface area contributed by atoms with Crippen LogP contribution in [-0.4, -0.2) is 71.6 Å². The summed E-state index contributed by atoms with van der Waals surface area (Å²) < 4.78 is 10.5. The van der Waals surface area contributed by atoms with Gasteiger partial charge < -0.3 is 24.4 Å². The Kier molecular flexibility index (Phi) is 5.65. The maximum absolute atomic E-state index is 12.8. The molecular formula is C19H24N2O6. The number of methoxy groups -OCH3 is 1. The number of carbonyl (C=O) groups excluding carboxylic acids is 2. The lowest BCUT2D eigenvalue weighted by atomic mass is 10.1. The van der Waals surface area contributed by atoms with Crippen molar-refractivity contribution >= 4 is 17.8 Å². The van der Waals surface area contributed by atoms with Crippen molar-refractivity contribution in [3.63, 3.8) is 0 Å². The molecule has 1 N–H and O–H groups in total. The minimum absolute atomic E-state index is 0.0156. The van der Waals surface area contributed by atoms with E-state index in [1.165, 1.54) is 4.90 Å². The number of rotatable bonds is 5. The number of ether oxygens (including phenoxy) is 2. The fraction of sp³-hybridized carbons (Fsp3) is 0.526. The van der Waals surface area contributed by atoms with Crippen molar-refractivity contribution in [1.82, 2.24) is 9.80 Å². The number of carboxylic acids is 1. The van der Waals surface area contributed by atoms with Crippen LogP contribution in [0.15, 0.2) is 24.3 Å². The summed E-state index contributed by atoms with van der Waals surface area (Å²) in [4.78, 5) is 39.6. The lowest BCUT2D eigenvalue weighted by Crippen LogP contribution is -2.53. The zero-order chi connectivity index (χ0) is 19.6. The summed E-state index contributed by atoms with van der Waals surface area (Å²) in [5.74, 6) is -1.03. The maximum atomic E-state index is 12.8. The highest BCUT2D eigenvalue weighted by atomic mass is 16.5. The van der Waals surface area contributed by atoms with E-state index in [1.54, 1.807) is 18.9 Å². The monoisotopic (exact) mass is 376 g/mol. The van der Waals surface area contributed by atoms with Gasteiger partial charge in [-0.2, -0.15) is 0 Å². The second kappa shape index (κ2) is 7.96. The Bertz CT molecular complexity index is 719. The number of carboxylic acid groups (broad SMARTS) is 1. The fourth-order valence-corrected chi connectivity index (χ4v) is 3.57. The number of nitrogens with zero attached hydrogens (tertiary/aromatic N) is 2. The van der Waals surface area contributed by atoms with Crippen molar-refractivity contribution in [3.8, 4) is 5.75 Å². The first kappa shape index (κ1) is 19.2. The molecule has 3 rings (SSSR count). The number of benzene rings is 1. The number of hydrogen-bond donors (Lipinski definition) is 1. The predicted molar refractivity (Wildman–Crippen MR) is 95.1 cm³/mol. The van der Waals surface area contributed by atoms with Crippen LogP contribution in [0.1, 0.15) is 18.9 Å². The SMILES string of the molecule is COc1ccc(CN2CC(C(=O)N3CC(C(=O)O)O[C@H](C)C3)CC2=O)cc1. The molecule has 146 valence electrons. The Morgan fingerprint density at radius 1 is 1.22 bits per heavy atom. The van der Waals surface area contributed by atoms with Gasteiger partial charge in [0.15, 0.2) is 6.10 Å². The summed E-state index contributed by atoms with van der Waals surface area (Å²) in [5.41, 5.74) is 0.961. The van der Waals surface area contributed by atoms with Crippen molar-refractivity contribution in [1.29, 1.82) is 0 Å². The fourth-order valence-electron chi connectivity index (χ4n) is 3.57. The molecule has 2 unspecified atom stereocenters. The number of morpholine rings is 1. The Morgan fingerprint density at radius 2 is 1.93 bits per heavy atom. The van der Waals surface area contributed by atoms with Gasteiger partial charge in [-0.25, -0.2) is 4.79 Å². The van der Waals surface area contributed by atoms with E-state index in [0.717, 1.165) is 11.3 Å². The van der Waals surface area contributed by atoms with Crippen molar-refractivity contribution in [2.75, 3.05) is 26.7 Å². The third-order valence-corrected chi connectivity index (χ3v) is 4.94. The second-order valence-electron chi connectivity index (χ2n) is 7.04. The summed E-state index contributed by atoms with van der Waals surface area (Å²) >= 11 is 0. The molecule has 2 saturated heterocycles. The van der Waals surface area contributed by atoms with E-state index in [4.69, 9.17) is 9.47 Å². The van der Waals surface area contributed by atoms with Crippen molar-refractivity contribution in [2.45, 2.75) is 32.1 Å². The van der Waals surface area contributed by atoms with Gasteiger partial charge in [0.1, 0.15) is 5.75 Å². The van der Waals surface area contributed by atoms with Gasteiger partial charge in [-0.1, -0.05) is 12.1 Å². The molecule has 1 aromatic carbocycles. The standard InChI is InChI=1S/C19H24N2O6/c1-12-8-21(11-16(27-12)19(24)25)18(23)14-7-17(22)20(10-14)9-13-3-5-15(26-2)6-4-13/h3-6,12,14,16H,7-11H2,1-2H3,(H,24,25)/t12-,14?,16?/m1/s1. The summed E-state index contributed by atoms with van der Waals surface area (Å²) in [6, 6.07) is 7.45. The van der Waals surface area contributed by atoms with Gasteiger partial charge in [0.25, 0.3) is 0 Å². The van der Waals surface area contributed by atoms with Gasteiger partial charge in [0.05, 0.1) is 25.7 Å². The van der Waals surface area contributed by atoms with Crippen LogP contribution in [0.25, 0.3) is 0 Å². The lowest BCUT2D eigenvalue weighted by Gasteiger charge is -2.36. The average molecular weight is 376 g/mol. The Labute approximate surface area is 157 Å². The maximum Gasteiger partial charge on any atom is 0.334 e. The lowest BCUT2D eigenvalue weighted by molar-refractivity contribution is -0.167. The summed E-state index contributed by atoms with van der Waals surface area (Å²) in [6.07, 6.45) is -1.22. The molecule has 2 aliphatic heterocycles. The summed E-state index contributed by atoms with van der Waals surface area (Å²) in [5, 5.41) is 9.17. The molecule has 8 heteroatoms. The molecule has 2 aliphatic rings. The van der Waals surface area contributed by atoms with E-state index in [2.05, 4.69) is 0 Å². The topological polar surface area (TPSA) is 96.4 Å². The highest BCUT2D eigenvalue weighted by Gasteiger charge is 2.40. The van der Waals surface area contributed by atoms with E-state index in [1.807, 2.05) is 24.3 Å². The summed E-state index contributed by atoms with van der Waals surface area (Å²) in [6.45, 7) is 2.87. The van der Waals surface area contributed by atoms with E-state index < -0.39 is 18.0 Å². The van der Waals surface area contributed by atoms with Crippen molar-refractivity contribution in [2.24, 2.45) is 5.92 Å². The first-order valence-electron chi connectivity index (χ1n) is 8.95. The minimum atomic E-state index is -1.08. The smallest absolute Gasteiger partial charge is 0.334 e. The van der Waals surface area contributed by atoms with Crippen LogP contribution in [0.2, 0.25) is 0 Å². The van der Waals surface area contributed by atoms with Gasteiger partial charge in [-0.05, 0) is 24.6 Å². The predicted octanol–water partition coefficient (Wildman–Crippen LogP) is 0.744.